The molecule has 88 valence electrons. The highest BCUT2D eigenvalue weighted by molar-refractivity contribution is 5.52. The molecule has 5 heteroatoms. The molecule has 0 aliphatic rings. The lowest BCUT2D eigenvalue weighted by Crippen LogP contribution is -2.19. The highest BCUT2D eigenvalue weighted by atomic mass is 16.6. The molecule has 0 fully saturated rings. The summed E-state index contributed by atoms with van der Waals surface area (Å²) in [6, 6.07) is 4.36. The molecule has 0 heterocycles. The largest absolute Gasteiger partial charge is 0.398 e. The number of hydrogen-bond donors (Lipinski definition) is 1. The molecule has 0 atom stereocenters. The number of ether oxygens (including phenoxy) is 1. The zero-order chi connectivity index (χ0) is 12.3. The summed E-state index contributed by atoms with van der Waals surface area (Å²) in [7, 11) is 0. The van der Waals surface area contributed by atoms with Gasteiger partial charge in [0.2, 0.25) is 0 Å². The van der Waals surface area contributed by atoms with Gasteiger partial charge in [0.05, 0.1) is 17.1 Å². The van der Waals surface area contributed by atoms with Crippen LogP contribution in [0.3, 0.4) is 0 Å². The molecule has 0 saturated heterocycles. The van der Waals surface area contributed by atoms with Gasteiger partial charge in [-0.25, -0.2) is 0 Å². The lowest BCUT2D eigenvalue weighted by molar-refractivity contribution is -0.384. The summed E-state index contributed by atoms with van der Waals surface area (Å²) in [6.07, 6.45) is 0. The summed E-state index contributed by atoms with van der Waals surface area (Å²) in [5, 5.41) is 10.6. The Balaban J connectivity index is 2.86. The quantitative estimate of drug-likeness (QED) is 0.486. The first kappa shape index (κ1) is 12.4. The monoisotopic (exact) mass is 224 g/mol. The number of rotatable bonds is 3. The van der Waals surface area contributed by atoms with Gasteiger partial charge in [0.15, 0.2) is 0 Å². The maximum atomic E-state index is 10.6. The minimum Gasteiger partial charge on any atom is -0.398 e. The molecule has 1 aromatic carbocycles. The van der Waals surface area contributed by atoms with Gasteiger partial charge in [0.1, 0.15) is 0 Å². The molecule has 2 N–H and O–H groups in total. The number of nitrogens with zero attached hydrogens (tertiary/aromatic N) is 1. The zero-order valence-electron chi connectivity index (χ0n) is 9.69. The van der Waals surface area contributed by atoms with E-state index in [0.717, 1.165) is 0 Å². The van der Waals surface area contributed by atoms with E-state index in [1.54, 1.807) is 0 Å². The fourth-order valence-corrected chi connectivity index (χ4v) is 1.12. The van der Waals surface area contributed by atoms with Crippen molar-refractivity contribution in [3.8, 4) is 0 Å². The van der Waals surface area contributed by atoms with Crippen LogP contribution in [-0.4, -0.2) is 10.5 Å². The van der Waals surface area contributed by atoms with E-state index in [0.29, 0.717) is 11.3 Å². The third kappa shape index (κ3) is 3.51. The van der Waals surface area contributed by atoms with E-state index >= 15 is 0 Å². The average molecular weight is 224 g/mol. The van der Waals surface area contributed by atoms with Crippen molar-refractivity contribution in [1.29, 1.82) is 0 Å². The first-order valence-corrected chi connectivity index (χ1v) is 4.96. The van der Waals surface area contributed by atoms with Crippen LogP contribution in [0.4, 0.5) is 11.4 Å². The Morgan fingerprint density at radius 2 is 2.06 bits per heavy atom. The van der Waals surface area contributed by atoms with Crippen molar-refractivity contribution in [3.05, 3.63) is 33.9 Å². The van der Waals surface area contributed by atoms with Gasteiger partial charge in [-0.3, -0.25) is 10.1 Å². The van der Waals surface area contributed by atoms with Crippen molar-refractivity contribution in [2.45, 2.75) is 33.0 Å². The Morgan fingerprint density at radius 1 is 1.44 bits per heavy atom. The van der Waals surface area contributed by atoms with Gasteiger partial charge in [0, 0.05) is 23.4 Å². The molecule has 0 unspecified atom stereocenters. The Bertz CT molecular complexity index is 397. The van der Waals surface area contributed by atoms with Crippen LogP contribution in [0.25, 0.3) is 0 Å². The van der Waals surface area contributed by atoms with Crippen LogP contribution in [0.5, 0.6) is 0 Å². The van der Waals surface area contributed by atoms with E-state index in [-0.39, 0.29) is 17.9 Å². The van der Waals surface area contributed by atoms with E-state index in [1.165, 1.54) is 18.2 Å². The molecule has 0 aromatic heterocycles. The van der Waals surface area contributed by atoms with Crippen molar-refractivity contribution < 1.29 is 9.66 Å². The Labute approximate surface area is 94.4 Å². The lowest BCUT2D eigenvalue weighted by Gasteiger charge is -2.20. The van der Waals surface area contributed by atoms with Gasteiger partial charge in [-0.2, -0.15) is 0 Å². The number of nitrogens with two attached hydrogens (primary N) is 1. The van der Waals surface area contributed by atoms with E-state index in [9.17, 15) is 10.1 Å². The fraction of sp³-hybridized carbons (Fsp3) is 0.455. The first-order chi connectivity index (χ1) is 7.29. The molecule has 0 saturated carbocycles. The number of anilines is 1. The number of nitrogen functional groups attached to an aromatic ring is 1. The van der Waals surface area contributed by atoms with Crippen LogP contribution in [0, 0.1) is 10.1 Å². The first-order valence-electron chi connectivity index (χ1n) is 4.96. The minimum absolute atomic E-state index is 0.0294. The summed E-state index contributed by atoms with van der Waals surface area (Å²) < 4.78 is 5.53. The second-order valence-corrected chi connectivity index (χ2v) is 4.54. The highest BCUT2D eigenvalue weighted by Crippen LogP contribution is 2.22. The number of nitro groups is 1. The molecule has 0 radical (unpaired) electrons. The highest BCUT2D eigenvalue weighted by Gasteiger charge is 2.13. The SMILES string of the molecule is CC(C)(C)OCc1cc([N+](=O)[O-])ccc1N. The normalized spacial score (nSPS) is 11.4. The maximum Gasteiger partial charge on any atom is 0.269 e. The number of nitro benzene ring substituents is 1. The third-order valence-corrected chi connectivity index (χ3v) is 2.00. The minimum atomic E-state index is -0.444. The molecule has 0 aliphatic carbocycles. The van der Waals surface area contributed by atoms with E-state index in [1.807, 2.05) is 20.8 Å². The predicted molar refractivity (Wildman–Crippen MR) is 62.1 cm³/mol. The number of hydrogen-bond acceptors (Lipinski definition) is 4. The molecule has 0 amide bonds. The standard InChI is InChI=1S/C11H16N2O3/c1-11(2,3)16-7-8-6-9(13(14)15)4-5-10(8)12/h4-6H,7,12H2,1-3H3. The smallest absolute Gasteiger partial charge is 0.269 e. The van der Waals surface area contributed by atoms with Gasteiger partial charge in [-0.05, 0) is 26.8 Å². The van der Waals surface area contributed by atoms with Crippen molar-refractivity contribution in [2.75, 3.05) is 5.73 Å². The summed E-state index contributed by atoms with van der Waals surface area (Å²) in [5.74, 6) is 0. The van der Waals surface area contributed by atoms with Gasteiger partial charge < -0.3 is 10.5 Å². The second-order valence-electron chi connectivity index (χ2n) is 4.54. The third-order valence-electron chi connectivity index (χ3n) is 2.00. The summed E-state index contributed by atoms with van der Waals surface area (Å²) >= 11 is 0. The molecule has 0 bridgehead atoms. The topological polar surface area (TPSA) is 78.4 Å². The van der Waals surface area contributed by atoms with Crippen molar-refractivity contribution in [1.82, 2.24) is 0 Å². The van der Waals surface area contributed by atoms with Crippen LogP contribution >= 0.6 is 0 Å². The van der Waals surface area contributed by atoms with Gasteiger partial charge >= 0.3 is 0 Å². The summed E-state index contributed by atoms with van der Waals surface area (Å²) in [4.78, 5) is 10.1. The number of non-ortho nitro benzene ring substituents is 1. The molecule has 1 aromatic rings. The van der Waals surface area contributed by atoms with Gasteiger partial charge in [0.25, 0.3) is 5.69 Å². The molecule has 16 heavy (non-hydrogen) atoms. The molecular formula is C11H16N2O3. The lowest BCUT2D eigenvalue weighted by atomic mass is 10.1. The summed E-state index contributed by atoms with van der Waals surface area (Å²) in [5.41, 5.74) is 6.60. The van der Waals surface area contributed by atoms with E-state index < -0.39 is 4.92 Å². The molecule has 5 nitrogen and oxygen atoms in total. The van der Waals surface area contributed by atoms with Crippen LogP contribution in [0.2, 0.25) is 0 Å². The maximum absolute atomic E-state index is 10.6. The zero-order valence-corrected chi connectivity index (χ0v) is 9.69. The fourth-order valence-electron chi connectivity index (χ4n) is 1.12. The average Bonchev–Trinajstić information content (AvgIpc) is 2.14. The van der Waals surface area contributed by atoms with Crippen LogP contribution < -0.4 is 5.73 Å². The van der Waals surface area contributed by atoms with Crippen LogP contribution in [0.15, 0.2) is 18.2 Å². The van der Waals surface area contributed by atoms with Crippen molar-refractivity contribution >= 4 is 11.4 Å². The second kappa shape index (κ2) is 4.49. The van der Waals surface area contributed by atoms with Crippen molar-refractivity contribution in [2.24, 2.45) is 0 Å². The molecule has 0 spiro atoms. The predicted octanol–water partition coefficient (Wildman–Crippen LogP) is 2.49. The molecular weight excluding hydrogens is 208 g/mol. The van der Waals surface area contributed by atoms with Crippen LogP contribution in [0.1, 0.15) is 26.3 Å². The van der Waals surface area contributed by atoms with Gasteiger partial charge in [-0.1, -0.05) is 0 Å². The summed E-state index contributed by atoms with van der Waals surface area (Å²) in [6.45, 7) is 6.03. The van der Waals surface area contributed by atoms with Gasteiger partial charge in [-0.15, -0.1) is 0 Å². The van der Waals surface area contributed by atoms with Crippen molar-refractivity contribution in [3.63, 3.8) is 0 Å². The Hall–Kier alpha value is -1.62. The Kier molecular flexibility index (Phi) is 3.49. The Morgan fingerprint density at radius 3 is 2.56 bits per heavy atom. The van der Waals surface area contributed by atoms with E-state index in [2.05, 4.69) is 0 Å². The van der Waals surface area contributed by atoms with Crippen LogP contribution in [-0.2, 0) is 11.3 Å². The number of benzene rings is 1. The van der Waals surface area contributed by atoms with E-state index in [4.69, 9.17) is 10.5 Å². The molecule has 0 aliphatic heterocycles. The molecule has 1 rings (SSSR count).